The van der Waals surface area contributed by atoms with E-state index in [4.69, 9.17) is 27.9 Å². The molecule has 0 spiro atoms. The summed E-state index contributed by atoms with van der Waals surface area (Å²) in [7, 11) is 0. The number of benzene rings is 2. The smallest absolute Gasteiger partial charge is 0.340 e. The van der Waals surface area contributed by atoms with Crippen molar-refractivity contribution >= 4 is 29.2 Å². The van der Waals surface area contributed by atoms with Crippen molar-refractivity contribution in [2.24, 2.45) is 0 Å². The third-order valence-corrected chi connectivity index (χ3v) is 4.46. The fourth-order valence-corrected chi connectivity index (χ4v) is 2.98. The zero-order valence-corrected chi connectivity index (χ0v) is 15.2. The standard InChI is InChI=1S/C20H17Cl2NO2/c1-2-25-20(24)18-13-23(11-15-5-3-4-6-19(15)22)12-17(18)14-7-9-16(21)10-8-14/h3-10,12-13H,2,11H2,1H3. The van der Waals surface area contributed by atoms with Crippen LogP contribution in [0, 0.1) is 0 Å². The summed E-state index contributed by atoms with van der Waals surface area (Å²) in [5.41, 5.74) is 3.22. The van der Waals surface area contributed by atoms with Crippen LogP contribution in [0.25, 0.3) is 11.1 Å². The highest BCUT2D eigenvalue weighted by Gasteiger charge is 2.17. The number of hydrogen-bond donors (Lipinski definition) is 0. The van der Waals surface area contributed by atoms with E-state index in [0.717, 1.165) is 16.7 Å². The lowest BCUT2D eigenvalue weighted by atomic mass is 10.1. The van der Waals surface area contributed by atoms with Gasteiger partial charge in [-0.25, -0.2) is 4.79 Å². The Bertz CT molecular complexity index is 885. The summed E-state index contributed by atoms with van der Waals surface area (Å²) in [4.78, 5) is 12.4. The van der Waals surface area contributed by atoms with Gasteiger partial charge in [0.1, 0.15) is 0 Å². The van der Waals surface area contributed by atoms with Crippen LogP contribution in [0.5, 0.6) is 0 Å². The minimum atomic E-state index is -0.342. The molecule has 0 fully saturated rings. The van der Waals surface area contributed by atoms with Gasteiger partial charge in [-0.1, -0.05) is 53.5 Å². The van der Waals surface area contributed by atoms with Gasteiger partial charge >= 0.3 is 5.97 Å². The molecule has 3 aromatic rings. The monoisotopic (exact) mass is 373 g/mol. The van der Waals surface area contributed by atoms with Crippen LogP contribution in [-0.4, -0.2) is 17.1 Å². The molecular weight excluding hydrogens is 357 g/mol. The Hall–Kier alpha value is -2.23. The van der Waals surface area contributed by atoms with E-state index < -0.39 is 0 Å². The molecule has 2 aromatic carbocycles. The molecule has 0 N–H and O–H groups in total. The lowest BCUT2D eigenvalue weighted by Crippen LogP contribution is -2.05. The Labute approximate surface area is 156 Å². The molecule has 0 bridgehead atoms. The predicted molar refractivity (Wildman–Crippen MR) is 101 cm³/mol. The lowest BCUT2D eigenvalue weighted by Gasteiger charge is -2.05. The molecule has 3 nitrogen and oxygen atoms in total. The summed E-state index contributed by atoms with van der Waals surface area (Å²) < 4.78 is 7.14. The first-order valence-electron chi connectivity index (χ1n) is 7.94. The first-order valence-corrected chi connectivity index (χ1v) is 8.70. The van der Waals surface area contributed by atoms with E-state index >= 15 is 0 Å². The molecule has 5 heteroatoms. The Morgan fingerprint density at radius 2 is 1.76 bits per heavy atom. The SMILES string of the molecule is CCOC(=O)c1cn(Cc2ccccc2Cl)cc1-c1ccc(Cl)cc1. The summed E-state index contributed by atoms with van der Waals surface area (Å²) in [6, 6.07) is 15.0. The zero-order valence-electron chi connectivity index (χ0n) is 13.7. The Kier molecular flexibility index (Phi) is 5.47. The van der Waals surface area contributed by atoms with Crippen molar-refractivity contribution < 1.29 is 9.53 Å². The van der Waals surface area contributed by atoms with E-state index in [2.05, 4.69) is 0 Å². The average Bonchev–Trinajstić information content (AvgIpc) is 3.02. The normalized spacial score (nSPS) is 10.7. The quantitative estimate of drug-likeness (QED) is 0.538. The molecule has 3 rings (SSSR count). The summed E-state index contributed by atoms with van der Waals surface area (Å²) in [5.74, 6) is -0.342. The van der Waals surface area contributed by atoms with Gasteiger partial charge in [-0.3, -0.25) is 0 Å². The lowest BCUT2D eigenvalue weighted by molar-refractivity contribution is 0.0527. The van der Waals surface area contributed by atoms with Crippen LogP contribution in [0.4, 0.5) is 0 Å². The first kappa shape index (κ1) is 17.6. The van der Waals surface area contributed by atoms with Crippen LogP contribution in [0.3, 0.4) is 0 Å². The predicted octanol–water partition coefficient (Wildman–Crippen LogP) is 5.69. The Morgan fingerprint density at radius 1 is 1.04 bits per heavy atom. The van der Waals surface area contributed by atoms with Crippen molar-refractivity contribution in [1.29, 1.82) is 0 Å². The number of esters is 1. The van der Waals surface area contributed by atoms with Gasteiger partial charge in [-0.15, -0.1) is 0 Å². The van der Waals surface area contributed by atoms with Gasteiger partial charge in [0.25, 0.3) is 0 Å². The van der Waals surface area contributed by atoms with Crippen molar-refractivity contribution in [3.63, 3.8) is 0 Å². The third-order valence-electron chi connectivity index (χ3n) is 3.84. The number of carbonyl (C=O) groups is 1. The van der Waals surface area contributed by atoms with Crippen molar-refractivity contribution in [3.05, 3.63) is 82.1 Å². The van der Waals surface area contributed by atoms with E-state index in [0.29, 0.717) is 28.8 Å². The number of halogens is 2. The molecule has 1 heterocycles. The average molecular weight is 374 g/mol. The van der Waals surface area contributed by atoms with E-state index in [1.165, 1.54) is 0 Å². The highest BCUT2D eigenvalue weighted by Crippen LogP contribution is 2.28. The maximum atomic E-state index is 12.4. The second kappa shape index (κ2) is 7.77. The van der Waals surface area contributed by atoms with Crippen LogP contribution in [-0.2, 0) is 11.3 Å². The second-order valence-electron chi connectivity index (χ2n) is 5.58. The largest absolute Gasteiger partial charge is 0.462 e. The third kappa shape index (κ3) is 4.06. The summed E-state index contributed by atoms with van der Waals surface area (Å²) in [6.45, 7) is 2.69. The number of hydrogen-bond acceptors (Lipinski definition) is 2. The molecule has 1 aromatic heterocycles. The molecule has 0 saturated carbocycles. The first-order chi connectivity index (χ1) is 12.1. The van der Waals surface area contributed by atoms with Crippen LogP contribution in [0.1, 0.15) is 22.8 Å². The molecule has 0 unspecified atom stereocenters. The van der Waals surface area contributed by atoms with Crippen LogP contribution in [0.2, 0.25) is 10.0 Å². The van der Waals surface area contributed by atoms with Gasteiger partial charge in [0.2, 0.25) is 0 Å². The fraction of sp³-hybridized carbons (Fsp3) is 0.150. The molecule has 0 aliphatic rings. The Balaban J connectivity index is 2.01. The highest BCUT2D eigenvalue weighted by molar-refractivity contribution is 6.31. The minimum absolute atomic E-state index is 0.328. The molecule has 0 saturated heterocycles. The van der Waals surface area contributed by atoms with Crippen molar-refractivity contribution in [2.75, 3.05) is 6.61 Å². The topological polar surface area (TPSA) is 31.2 Å². The maximum absolute atomic E-state index is 12.4. The second-order valence-corrected chi connectivity index (χ2v) is 6.42. The summed E-state index contributed by atoms with van der Waals surface area (Å²) in [6.07, 6.45) is 3.73. The molecule has 0 radical (unpaired) electrons. The summed E-state index contributed by atoms with van der Waals surface area (Å²) in [5, 5.41) is 1.35. The van der Waals surface area contributed by atoms with Crippen molar-refractivity contribution in [3.8, 4) is 11.1 Å². The van der Waals surface area contributed by atoms with E-state index in [1.807, 2.05) is 47.2 Å². The summed E-state index contributed by atoms with van der Waals surface area (Å²) >= 11 is 12.2. The van der Waals surface area contributed by atoms with Gasteiger partial charge in [-0.05, 0) is 36.2 Å². The molecular formula is C20H17Cl2NO2. The maximum Gasteiger partial charge on any atom is 0.340 e. The van der Waals surface area contributed by atoms with Gasteiger partial charge in [0.05, 0.1) is 12.2 Å². The number of rotatable bonds is 5. The van der Waals surface area contributed by atoms with Crippen LogP contribution in [0.15, 0.2) is 60.9 Å². The number of carbonyl (C=O) groups excluding carboxylic acids is 1. The molecule has 0 atom stereocenters. The van der Waals surface area contributed by atoms with Crippen LogP contribution >= 0.6 is 23.2 Å². The van der Waals surface area contributed by atoms with Gasteiger partial charge < -0.3 is 9.30 Å². The molecule has 128 valence electrons. The van der Waals surface area contributed by atoms with Gasteiger partial charge in [0.15, 0.2) is 0 Å². The fourth-order valence-electron chi connectivity index (χ4n) is 2.65. The zero-order chi connectivity index (χ0) is 17.8. The molecule has 0 aliphatic heterocycles. The van der Waals surface area contributed by atoms with Gasteiger partial charge in [0, 0.05) is 34.5 Å². The van der Waals surface area contributed by atoms with E-state index in [9.17, 15) is 4.79 Å². The van der Waals surface area contributed by atoms with E-state index in [1.54, 1.807) is 25.3 Å². The highest BCUT2D eigenvalue weighted by atomic mass is 35.5. The number of nitrogens with zero attached hydrogens (tertiary/aromatic N) is 1. The van der Waals surface area contributed by atoms with Gasteiger partial charge in [-0.2, -0.15) is 0 Å². The molecule has 0 aliphatic carbocycles. The molecule has 0 amide bonds. The minimum Gasteiger partial charge on any atom is -0.462 e. The van der Waals surface area contributed by atoms with Crippen molar-refractivity contribution in [1.82, 2.24) is 4.57 Å². The number of aromatic nitrogens is 1. The Morgan fingerprint density at radius 3 is 2.44 bits per heavy atom. The number of ether oxygens (including phenoxy) is 1. The van der Waals surface area contributed by atoms with E-state index in [-0.39, 0.29) is 5.97 Å². The molecule has 25 heavy (non-hydrogen) atoms. The van der Waals surface area contributed by atoms with Crippen molar-refractivity contribution in [2.45, 2.75) is 13.5 Å². The van der Waals surface area contributed by atoms with Crippen LogP contribution < -0.4 is 0 Å².